The summed E-state index contributed by atoms with van der Waals surface area (Å²) in [7, 11) is 0. The summed E-state index contributed by atoms with van der Waals surface area (Å²) in [6, 6.07) is 1.96. The molecule has 3 N–H and O–H groups in total. The number of nitrogens with two attached hydrogens (primary N) is 1. The van der Waals surface area contributed by atoms with Gasteiger partial charge in [0, 0.05) is 28.5 Å². The lowest BCUT2D eigenvalue weighted by Crippen LogP contribution is -2.19. The molecule has 3 aromatic rings. The number of halogens is 4. The molecule has 0 atom stereocenters. The third kappa shape index (κ3) is 3.33. The van der Waals surface area contributed by atoms with Crippen molar-refractivity contribution in [2.24, 2.45) is 5.73 Å². The Morgan fingerprint density at radius 2 is 2.08 bits per heavy atom. The van der Waals surface area contributed by atoms with Crippen molar-refractivity contribution in [2.45, 2.75) is 6.18 Å². The molecule has 0 unspecified atom stereocenters. The Hall–Kier alpha value is -2.89. The molecule has 8 nitrogen and oxygen atoms in total. The number of fused-ring (bicyclic) bond motifs is 1. The molecule has 1 amide bonds. The van der Waals surface area contributed by atoms with Crippen molar-refractivity contribution in [2.75, 3.05) is 0 Å². The molecule has 130 valence electrons. The predicted molar refractivity (Wildman–Crippen MR) is 82.0 cm³/mol. The highest BCUT2D eigenvalue weighted by Crippen LogP contribution is 2.37. The predicted octanol–water partition coefficient (Wildman–Crippen LogP) is 2.32. The first-order chi connectivity index (χ1) is 11.6. The second-order valence-electron chi connectivity index (χ2n) is 4.78. The maximum Gasteiger partial charge on any atom is 0.417 e. The second kappa shape index (κ2) is 5.88. The quantitative estimate of drug-likeness (QED) is 0.663. The van der Waals surface area contributed by atoms with Crippen LogP contribution >= 0.6 is 15.9 Å². The molecule has 0 saturated carbocycles. The van der Waals surface area contributed by atoms with Crippen LogP contribution in [-0.4, -0.2) is 25.7 Å². The number of carbonyl (C=O) groups is 1. The third-order valence-electron chi connectivity index (χ3n) is 3.08. The zero-order valence-electron chi connectivity index (χ0n) is 12.0. The van der Waals surface area contributed by atoms with Gasteiger partial charge in [0.25, 0.3) is 5.56 Å². The Labute approximate surface area is 144 Å². The first-order valence-electron chi connectivity index (χ1n) is 6.48. The van der Waals surface area contributed by atoms with E-state index in [1.807, 2.05) is 0 Å². The average Bonchev–Trinajstić information content (AvgIpc) is 2.86. The SMILES string of the molecule is NC(=O)Oc1cc(C(F)(F)F)c(-c2nn3cc(Br)cc3c(=O)[nH]2)cn1. The van der Waals surface area contributed by atoms with Crippen LogP contribution in [0.2, 0.25) is 0 Å². The lowest BCUT2D eigenvalue weighted by Gasteiger charge is -2.13. The molecular formula is C13H7BrF3N5O3. The summed E-state index contributed by atoms with van der Waals surface area (Å²) < 4.78 is 46.0. The van der Waals surface area contributed by atoms with E-state index >= 15 is 0 Å². The summed E-state index contributed by atoms with van der Waals surface area (Å²) in [6.07, 6.45) is -3.93. The van der Waals surface area contributed by atoms with Crippen molar-refractivity contribution >= 4 is 27.5 Å². The smallest absolute Gasteiger partial charge is 0.391 e. The monoisotopic (exact) mass is 417 g/mol. The molecular weight excluding hydrogens is 411 g/mol. The topological polar surface area (TPSA) is 115 Å². The van der Waals surface area contributed by atoms with Crippen LogP contribution in [0.5, 0.6) is 5.88 Å². The summed E-state index contributed by atoms with van der Waals surface area (Å²) in [5, 5.41) is 3.95. The van der Waals surface area contributed by atoms with Crippen molar-refractivity contribution in [3.63, 3.8) is 0 Å². The summed E-state index contributed by atoms with van der Waals surface area (Å²) in [6.45, 7) is 0. The molecule has 12 heteroatoms. The van der Waals surface area contributed by atoms with Gasteiger partial charge in [-0.05, 0) is 22.0 Å². The number of ether oxygens (including phenoxy) is 1. The lowest BCUT2D eigenvalue weighted by molar-refractivity contribution is -0.137. The van der Waals surface area contributed by atoms with Gasteiger partial charge < -0.3 is 15.5 Å². The van der Waals surface area contributed by atoms with Gasteiger partial charge in [0.15, 0.2) is 5.82 Å². The minimum absolute atomic E-state index is 0.144. The standard InChI is InChI=1S/C13H7BrF3N5O3/c14-5-1-8-11(23)20-10(21-22(8)4-5)6-3-19-9(25-12(18)24)2-7(6)13(15,16)17/h1-4H,(H2,18,24)(H,20,21,23). The van der Waals surface area contributed by atoms with Crippen molar-refractivity contribution in [3.8, 4) is 17.3 Å². The summed E-state index contributed by atoms with van der Waals surface area (Å²) in [5.74, 6) is -0.984. The molecule has 0 spiro atoms. The summed E-state index contributed by atoms with van der Waals surface area (Å²) >= 11 is 3.15. The molecule has 0 aromatic carbocycles. The third-order valence-corrected chi connectivity index (χ3v) is 3.52. The number of rotatable bonds is 2. The fourth-order valence-corrected chi connectivity index (χ4v) is 2.53. The van der Waals surface area contributed by atoms with E-state index in [-0.39, 0.29) is 11.3 Å². The normalized spacial score (nSPS) is 11.7. The van der Waals surface area contributed by atoms with Gasteiger partial charge in [-0.25, -0.2) is 14.3 Å². The number of amides is 1. The number of aromatic nitrogens is 4. The first kappa shape index (κ1) is 17.0. The lowest BCUT2D eigenvalue weighted by atomic mass is 10.1. The number of primary amides is 1. The first-order valence-corrected chi connectivity index (χ1v) is 7.27. The minimum Gasteiger partial charge on any atom is -0.391 e. The van der Waals surface area contributed by atoms with E-state index in [4.69, 9.17) is 5.73 Å². The van der Waals surface area contributed by atoms with Crippen LogP contribution < -0.4 is 16.0 Å². The highest BCUT2D eigenvalue weighted by atomic mass is 79.9. The zero-order chi connectivity index (χ0) is 18.4. The molecule has 0 fully saturated rings. The van der Waals surface area contributed by atoms with E-state index in [0.717, 1.165) is 10.7 Å². The second-order valence-corrected chi connectivity index (χ2v) is 5.69. The Morgan fingerprint density at radius 1 is 1.36 bits per heavy atom. The van der Waals surface area contributed by atoms with E-state index < -0.39 is 34.8 Å². The fraction of sp³-hybridized carbons (Fsp3) is 0.0769. The van der Waals surface area contributed by atoms with Gasteiger partial charge in [-0.1, -0.05) is 0 Å². The Bertz CT molecular complexity index is 1040. The maximum atomic E-state index is 13.3. The molecule has 0 saturated heterocycles. The molecule has 3 rings (SSSR count). The number of carbonyl (C=O) groups excluding carboxylic acids is 1. The molecule has 0 aliphatic rings. The van der Waals surface area contributed by atoms with Crippen LogP contribution in [-0.2, 0) is 6.18 Å². The maximum absolute atomic E-state index is 13.3. The molecule has 0 radical (unpaired) electrons. The zero-order valence-corrected chi connectivity index (χ0v) is 13.6. The Kier molecular flexibility index (Phi) is 3.99. The van der Waals surface area contributed by atoms with Gasteiger partial charge >= 0.3 is 12.3 Å². The van der Waals surface area contributed by atoms with E-state index in [1.165, 1.54) is 12.3 Å². The largest absolute Gasteiger partial charge is 0.417 e. The molecule has 0 bridgehead atoms. The van der Waals surface area contributed by atoms with Crippen LogP contribution in [0.15, 0.2) is 33.8 Å². The van der Waals surface area contributed by atoms with Gasteiger partial charge in [0.1, 0.15) is 5.52 Å². The van der Waals surface area contributed by atoms with E-state index in [0.29, 0.717) is 10.5 Å². The molecule has 3 heterocycles. The van der Waals surface area contributed by atoms with Gasteiger partial charge in [0.05, 0.1) is 5.56 Å². The van der Waals surface area contributed by atoms with Crippen molar-refractivity contribution in [1.82, 2.24) is 19.6 Å². The van der Waals surface area contributed by atoms with E-state index in [9.17, 15) is 22.8 Å². The van der Waals surface area contributed by atoms with Crippen molar-refractivity contribution < 1.29 is 22.7 Å². The highest BCUT2D eigenvalue weighted by Gasteiger charge is 2.35. The van der Waals surface area contributed by atoms with Crippen LogP contribution in [0.3, 0.4) is 0 Å². The number of alkyl halides is 3. The van der Waals surface area contributed by atoms with E-state index in [2.05, 4.69) is 35.7 Å². The van der Waals surface area contributed by atoms with Crippen molar-refractivity contribution in [3.05, 3.63) is 44.9 Å². The van der Waals surface area contributed by atoms with Crippen LogP contribution in [0.4, 0.5) is 18.0 Å². The Morgan fingerprint density at radius 3 is 2.72 bits per heavy atom. The van der Waals surface area contributed by atoms with Gasteiger partial charge in [-0.3, -0.25) is 4.79 Å². The van der Waals surface area contributed by atoms with Crippen LogP contribution in [0.25, 0.3) is 16.9 Å². The van der Waals surface area contributed by atoms with Crippen LogP contribution in [0, 0.1) is 0 Å². The number of pyridine rings is 1. The summed E-state index contributed by atoms with van der Waals surface area (Å²) in [4.78, 5) is 28.6. The fourth-order valence-electron chi connectivity index (χ4n) is 2.12. The number of aromatic amines is 1. The van der Waals surface area contributed by atoms with Gasteiger partial charge in [-0.2, -0.15) is 13.2 Å². The van der Waals surface area contributed by atoms with E-state index in [1.54, 1.807) is 0 Å². The number of nitrogens with one attached hydrogen (secondary N) is 1. The summed E-state index contributed by atoms with van der Waals surface area (Å²) in [5.41, 5.74) is 2.58. The number of H-pyrrole nitrogens is 1. The van der Waals surface area contributed by atoms with Gasteiger partial charge in [0.2, 0.25) is 5.88 Å². The average molecular weight is 418 g/mol. The van der Waals surface area contributed by atoms with Gasteiger partial charge in [-0.15, -0.1) is 5.10 Å². The molecule has 0 aliphatic heterocycles. The molecule has 3 aromatic heterocycles. The number of hydrogen-bond donors (Lipinski definition) is 2. The molecule has 0 aliphatic carbocycles. The van der Waals surface area contributed by atoms with Crippen LogP contribution in [0.1, 0.15) is 5.56 Å². The molecule has 25 heavy (non-hydrogen) atoms. The number of nitrogens with zero attached hydrogens (tertiary/aromatic N) is 3. The van der Waals surface area contributed by atoms with Crippen molar-refractivity contribution in [1.29, 1.82) is 0 Å². The number of hydrogen-bond acceptors (Lipinski definition) is 5. The minimum atomic E-state index is -4.82. The highest BCUT2D eigenvalue weighted by molar-refractivity contribution is 9.10. The Balaban J connectivity index is 2.22.